The van der Waals surface area contributed by atoms with Gasteiger partial charge in [-0.1, -0.05) is 13.8 Å². The molecule has 2 atom stereocenters. The third kappa shape index (κ3) is 9.78. The van der Waals surface area contributed by atoms with Crippen LogP contribution in [0.4, 0.5) is 34.4 Å². The summed E-state index contributed by atoms with van der Waals surface area (Å²) in [5.74, 6) is -1.36. The third-order valence-corrected chi connectivity index (χ3v) is 8.68. The van der Waals surface area contributed by atoms with Crippen molar-refractivity contribution in [3.05, 3.63) is 73.8 Å². The van der Waals surface area contributed by atoms with Gasteiger partial charge in [-0.15, -0.1) is 0 Å². The highest BCUT2D eigenvalue weighted by Gasteiger charge is 2.17. The number of nitrogens with two attached hydrogens (primary N) is 2. The molecular formula is C36H40N16O4. The molecule has 6 aromatic rings. The van der Waals surface area contributed by atoms with Crippen molar-refractivity contribution in [1.29, 1.82) is 0 Å². The Bertz CT molecular complexity index is 2210. The lowest BCUT2D eigenvalue weighted by molar-refractivity contribution is -0.124. The van der Waals surface area contributed by atoms with Gasteiger partial charge in [-0.3, -0.25) is 19.2 Å². The SMILES string of the molecule is CC(CNC(=O)CCn1cnc2c(N)ncnc21)C(=O)Nc1ccc(N=Nc2ccc(NC(=O)C(C)CNC(=O)CCn3cnc4c(N)ncnc43)cc2)cc1. The van der Waals surface area contributed by atoms with Crippen LogP contribution in [-0.4, -0.2) is 75.8 Å². The van der Waals surface area contributed by atoms with E-state index >= 15 is 0 Å². The maximum atomic E-state index is 12.7. The molecule has 4 heterocycles. The number of amides is 4. The molecule has 4 aromatic heterocycles. The summed E-state index contributed by atoms with van der Waals surface area (Å²) < 4.78 is 3.45. The average Bonchev–Trinajstić information content (AvgIpc) is 3.83. The lowest BCUT2D eigenvalue weighted by atomic mass is 10.1. The minimum atomic E-state index is -0.486. The van der Waals surface area contributed by atoms with Crippen LogP contribution < -0.4 is 32.7 Å². The predicted molar refractivity (Wildman–Crippen MR) is 207 cm³/mol. The molecule has 2 aromatic carbocycles. The summed E-state index contributed by atoms with van der Waals surface area (Å²) >= 11 is 0. The average molecular weight is 761 g/mol. The number of carbonyl (C=O) groups is 4. The zero-order chi connectivity index (χ0) is 39.6. The first-order valence-corrected chi connectivity index (χ1v) is 17.6. The normalized spacial score (nSPS) is 12.4. The number of hydrogen-bond donors (Lipinski definition) is 6. The lowest BCUT2D eigenvalue weighted by Gasteiger charge is -2.13. The van der Waals surface area contributed by atoms with Gasteiger partial charge >= 0.3 is 0 Å². The number of benzene rings is 2. The number of hydrogen-bond acceptors (Lipinski definition) is 14. The zero-order valence-electron chi connectivity index (χ0n) is 30.6. The molecule has 2 unspecified atom stereocenters. The molecule has 0 bridgehead atoms. The Labute approximate surface area is 319 Å². The van der Waals surface area contributed by atoms with E-state index in [2.05, 4.69) is 61.4 Å². The molecule has 0 radical (unpaired) electrons. The minimum absolute atomic E-state index is 0.163. The number of aromatic nitrogens is 8. The van der Waals surface area contributed by atoms with Gasteiger partial charge in [0.25, 0.3) is 0 Å². The van der Waals surface area contributed by atoms with Crippen molar-refractivity contribution >= 4 is 80.3 Å². The molecular weight excluding hydrogens is 721 g/mol. The van der Waals surface area contributed by atoms with E-state index in [1.54, 1.807) is 84.2 Å². The first-order valence-electron chi connectivity index (χ1n) is 17.6. The standard InChI is InChI=1S/C36H40N16O4/c1-21(15-39-27(53)11-13-51-19-45-29-31(37)41-17-43-33(29)51)35(55)47-23-3-7-25(8-4-23)49-50-26-9-5-24(6-10-26)48-36(56)22(2)16-40-28(54)12-14-52-20-46-30-32(38)42-18-44-34(30)52/h3-10,17-22H,11-16H2,1-2H3,(H,39,53)(H,40,54)(H,47,55)(H,48,56)(H2,37,41,43)(H2,38,42,44). The Balaban J connectivity index is 0.880. The topological polar surface area (TPSA) is 280 Å². The minimum Gasteiger partial charge on any atom is -0.382 e. The van der Waals surface area contributed by atoms with Gasteiger partial charge in [0.15, 0.2) is 22.9 Å². The molecule has 0 fully saturated rings. The number of imidazole rings is 2. The van der Waals surface area contributed by atoms with Gasteiger partial charge in [0.2, 0.25) is 23.6 Å². The third-order valence-electron chi connectivity index (χ3n) is 8.68. The molecule has 6 rings (SSSR count). The van der Waals surface area contributed by atoms with Crippen LogP contribution in [0.3, 0.4) is 0 Å². The second kappa shape index (κ2) is 17.6. The highest BCUT2D eigenvalue weighted by Crippen LogP contribution is 2.23. The number of carbonyl (C=O) groups excluding carboxylic acids is 4. The van der Waals surface area contributed by atoms with Gasteiger partial charge in [-0.2, -0.15) is 10.2 Å². The van der Waals surface area contributed by atoms with E-state index in [-0.39, 0.29) is 61.2 Å². The maximum Gasteiger partial charge on any atom is 0.228 e. The van der Waals surface area contributed by atoms with Crippen molar-refractivity contribution in [2.75, 3.05) is 35.2 Å². The van der Waals surface area contributed by atoms with Crippen molar-refractivity contribution in [1.82, 2.24) is 49.7 Å². The van der Waals surface area contributed by atoms with Crippen molar-refractivity contribution < 1.29 is 19.2 Å². The molecule has 4 amide bonds. The van der Waals surface area contributed by atoms with Gasteiger partial charge in [0.05, 0.1) is 35.9 Å². The Morgan fingerprint density at radius 1 is 0.607 bits per heavy atom. The number of fused-ring (bicyclic) bond motifs is 2. The fraction of sp³-hybridized carbons (Fsp3) is 0.278. The van der Waals surface area contributed by atoms with E-state index in [1.165, 1.54) is 12.7 Å². The first kappa shape index (κ1) is 38.3. The lowest BCUT2D eigenvalue weighted by Crippen LogP contribution is -2.34. The van der Waals surface area contributed by atoms with Gasteiger partial charge in [-0.05, 0) is 48.5 Å². The molecule has 0 saturated heterocycles. The van der Waals surface area contributed by atoms with E-state index < -0.39 is 11.8 Å². The van der Waals surface area contributed by atoms with Crippen LogP contribution in [0.5, 0.6) is 0 Å². The molecule has 0 saturated carbocycles. The zero-order valence-corrected chi connectivity index (χ0v) is 30.6. The van der Waals surface area contributed by atoms with Gasteiger partial charge in [0, 0.05) is 50.4 Å². The van der Waals surface area contributed by atoms with Crippen molar-refractivity contribution in [2.24, 2.45) is 22.1 Å². The summed E-state index contributed by atoms with van der Waals surface area (Å²) in [6.07, 6.45) is 6.15. The maximum absolute atomic E-state index is 12.7. The summed E-state index contributed by atoms with van der Waals surface area (Å²) in [6, 6.07) is 13.7. The summed E-state index contributed by atoms with van der Waals surface area (Å²) in [5, 5.41) is 19.8. The molecule has 56 heavy (non-hydrogen) atoms. The van der Waals surface area contributed by atoms with Crippen LogP contribution >= 0.6 is 0 Å². The summed E-state index contributed by atoms with van der Waals surface area (Å²) in [6.45, 7) is 4.46. The van der Waals surface area contributed by atoms with E-state index in [9.17, 15) is 19.2 Å². The van der Waals surface area contributed by atoms with Crippen LogP contribution in [0.2, 0.25) is 0 Å². The van der Waals surface area contributed by atoms with Crippen molar-refractivity contribution in [3.8, 4) is 0 Å². The molecule has 0 spiro atoms. The molecule has 20 nitrogen and oxygen atoms in total. The molecule has 8 N–H and O–H groups in total. The number of aryl methyl sites for hydroxylation is 2. The molecule has 20 heteroatoms. The molecule has 288 valence electrons. The van der Waals surface area contributed by atoms with Crippen molar-refractivity contribution in [3.63, 3.8) is 0 Å². The van der Waals surface area contributed by atoms with Crippen molar-refractivity contribution in [2.45, 2.75) is 39.8 Å². The van der Waals surface area contributed by atoms with Crippen LogP contribution in [0.1, 0.15) is 26.7 Å². The molecule has 0 aliphatic heterocycles. The highest BCUT2D eigenvalue weighted by molar-refractivity contribution is 5.93. The Morgan fingerprint density at radius 2 is 1.00 bits per heavy atom. The fourth-order valence-electron chi connectivity index (χ4n) is 5.33. The Hall–Kier alpha value is -7.38. The summed E-state index contributed by atoms with van der Waals surface area (Å²) in [4.78, 5) is 74.9. The van der Waals surface area contributed by atoms with Gasteiger partial charge < -0.3 is 41.9 Å². The van der Waals surface area contributed by atoms with E-state index in [0.29, 0.717) is 58.2 Å². The second-order valence-corrected chi connectivity index (χ2v) is 12.9. The first-order chi connectivity index (χ1) is 27.0. The fourth-order valence-corrected chi connectivity index (χ4v) is 5.33. The molecule has 0 aliphatic rings. The number of nitrogen functional groups attached to an aromatic ring is 2. The largest absolute Gasteiger partial charge is 0.382 e. The Kier molecular flexibility index (Phi) is 12.1. The summed E-state index contributed by atoms with van der Waals surface area (Å²) in [7, 11) is 0. The van der Waals surface area contributed by atoms with Crippen LogP contribution in [-0.2, 0) is 32.3 Å². The Morgan fingerprint density at radius 3 is 1.39 bits per heavy atom. The monoisotopic (exact) mass is 760 g/mol. The number of rotatable bonds is 16. The molecule has 0 aliphatic carbocycles. The van der Waals surface area contributed by atoms with Crippen LogP contribution in [0.15, 0.2) is 84.1 Å². The van der Waals surface area contributed by atoms with E-state index in [4.69, 9.17) is 11.5 Å². The number of anilines is 4. The van der Waals surface area contributed by atoms with E-state index in [0.717, 1.165) is 0 Å². The highest BCUT2D eigenvalue weighted by atomic mass is 16.2. The number of nitrogens with one attached hydrogen (secondary N) is 4. The predicted octanol–water partition coefficient (Wildman–Crippen LogP) is 3.11. The quantitative estimate of drug-likeness (QED) is 0.0777. The smallest absolute Gasteiger partial charge is 0.228 e. The van der Waals surface area contributed by atoms with E-state index in [1.807, 2.05) is 0 Å². The van der Waals surface area contributed by atoms with Crippen LogP contribution in [0, 0.1) is 11.8 Å². The number of azo groups is 1. The van der Waals surface area contributed by atoms with Crippen LogP contribution in [0.25, 0.3) is 22.3 Å². The van der Waals surface area contributed by atoms with Gasteiger partial charge in [0.1, 0.15) is 23.7 Å². The van der Waals surface area contributed by atoms with Gasteiger partial charge in [-0.25, -0.2) is 29.9 Å². The second-order valence-electron chi connectivity index (χ2n) is 12.9. The summed E-state index contributed by atoms with van der Waals surface area (Å²) in [5.41, 5.74) is 15.9. The number of nitrogens with zero attached hydrogens (tertiary/aromatic N) is 10.